The first-order chi connectivity index (χ1) is 8.49. The average Bonchev–Trinajstić information content (AvgIpc) is 2.28. The lowest BCUT2D eigenvalue weighted by Gasteiger charge is -2.09. The van der Waals surface area contributed by atoms with Gasteiger partial charge in [-0.15, -0.1) is 0 Å². The van der Waals surface area contributed by atoms with Gasteiger partial charge in [-0.2, -0.15) is 0 Å². The molecule has 0 N–H and O–H groups in total. The van der Waals surface area contributed by atoms with Gasteiger partial charge in [-0.25, -0.2) is 8.78 Å². The molecule has 0 heterocycles. The van der Waals surface area contributed by atoms with Gasteiger partial charge in [-0.05, 0) is 47.9 Å². The Morgan fingerprint density at radius 2 is 1.83 bits per heavy atom. The maximum absolute atomic E-state index is 13.5. The standard InChI is InChI=1S/C14H10F2O2/c1-8-6-10(15)3-5-11(8)9-2-4-12(14(17)18)13(16)7-9/h2-7H,1H3,(H,17,18)/p-1. The lowest BCUT2D eigenvalue weighted by atomic mass is 9.99. The number of carboxylic acids is 1. The summed E-state index contributed by atoms with van der Waals surface area (Å²) in [4.78, 5) is 10.6. The molecule has 4 heteroatoms. The summed E-state index contributed by atoms with van der Waals surface area (Å²) in [5.74, 6) is -2.80. The van der Waals surface area contributed by atoms with Gasteiger partial charge in [0.1, 0.15) is 11.6 Å². The number of hydrogen-bond acceptors (Lipinski definition) is 2. The number of benzene rings is 2. The second-order valence-corrected chi connectivity index (χ2v) is 3.94. The fraction of sp³-hybridized carbons (Fsp3) is 0.0714. The van der Waals surface area contributed by atoms with Crippen LogP contribution in [0.2, 0.25) is 0 Å². The summed E-state index contributed by atoms with van der Waals surface area (Å²) in [5.41, 5.74) is 1.31. The summed E-state index contributed by atoms with van der Waals surface area (Å²) < 4.78 is 26.5. The molecule has 0 atom stereocenters. The van der Waals surface area contributed by atoms with Gasteiger partial charge in [0, 0.05) is 5.56 Å². The summed E-state index contributed by atoms with van der Waals surface area (Å²) in [6.07, 6.45) is 0. The van der Waals surface area contributed by atoms with Crippen molar-refractivity contribution in [3.05, 3.63) is 59.2 Å². The molecular formula is C14H9F2O2-. The van der Waals surface area contributed by atoms with Crippen molar-refractivity contribution >= 4 is 5.97 Å². The minimum absolute atomic E-state index is 0.372. The minimum Gasteiger partial charge on any atom is -0.545 e. The molecule has 0 saturated heterocycles. The van der Waals surface area contributed by atoms with Crippen LogP contribution in [0.3, 0.4) is 0 Å². The zero-order valence-corrected chi connectivity index (χ0v) is 9.54. The Bertz CT molecular complexity index is 621. The molecule has 0 aliphatic rings. The third-order valence-corrected chi connectivity index (χ3v) is 2.69. The first kappa shape index (κ1) is 12.2. The molecule has 0 spiro atoms. The molecule has 0 aliphatic heterocycles. The van der Waals surface area contributed by atoms with E-state index >= 15 is 0 Å². The van der Waals surface area contributed by atoms with E-state index in [0.29, 0.717) is 16.7 Å². The van der Waals surface area contributed by atoms with E-state index in [4.69, 9.17) is 0 Å². The average molecular weight is 247 g/mol. The number of halogens is 2. The molecule has 2 aromatic rings. The van der Waals surface area contributed by atoms with Crippen molar-refractivity contribution in [1.29, 1.82) is 0 Å². The zero-order chi connectivity index (χ0) is 13.3. The Labute approximate surface area is 103 Å². The van der Waals surface area contributed by atoms with Gasteiger partial charge in [-0.3, -0.25) is 0 Å². The van der Waals surface area contributed by atoms with Crippen molar-refractivity contribution < 1.29 is 18.7 Å². The maximum atomic E-state index is 13.5. The molecule has 0 saturated carbocycles. The third-order valence-electron chi connectivity index (χ3n) is 2.69. The maximum Gasteiger partial charge on any atom is 0.132 e. The van der Waals surface area contributed by atoms with Crippen molar-refractivity contribution in [1.82, 2.24) is 0 Å². The summed E-state index contributed by atoms with van der Waals surface area (Å²) in [5, 5.41) is 10.6. The molecule has 2 aromatic carbocycles. The quantitative estimate of drug-likeness (QED) is 0.817. The first-order valence-electron chi connectivity index (χ1n) is 5.26. The number of aromatic carboxylic acids is 1. The predicted octanol–water partition coefficient (Wildman–Crippen LogP) is 2.30. The van der Waals surface area contributed by atoms with Crippen LogP contribution >= 0.6 is 0 Å². The summed E-state index contributed by atoms with van der Waals surface area (Å²) in [6.45, 7) is 1.70. The van der Waals surface area contributed by atoms with E-state index in [1.807, 2.05) is 0 Å². The smallest absolute Gasteiger partial charge is 0.132 e. The molecule has 18 heavy (non-hydrogen) atoms. The predicted molar refractivity (Wildman–Crippen MR) is 60.9 cm³/mol. The Morgan fingerprint density at radius 3 is 2.39 bits per heavy atom. The number of carbonyl (C=O) groups excluding carboxylic acids is 1. The largest absolute Gasteiger partial charge is 0.545 e. The van der Waals surface area contributed by atoms with Crippen molar-refractivity contribution in [2.45, 2.75) is 6.92 Å². The molecule has 0 aromatic heterocycles. The minimum atomic E-state index is -1.56. The van der Waals surface area contributed by atoms with Crippen molar-refractivity contribution in [3.63, 3.8) is 0 Å². The van der Waals surface area contributed by atoms with E-state index in [1.165, 1.54) is 24.3 Å². The van der Waals surface area contributed by atoms with Crippen LogP contribution in [0.15, 0.2) is 36.4 Å². The first-order valence-corrected chi connectivity index (χ1v) is 5.26. The molecule has 92 valence electrons. The van der Waals surface area contributed by atoms with Crippen LogP contribution in [0.5, 0.6) is 0 Å². The fourth-order valence-electron chi connectivity index (χ4n) is 1.80. The molecule has 0 amide bonds. The lowest BCUT2D eigenvalue weighted by Crippen LogP contribution is -2.23. The van der Waals surface area contributed by atoms with Crippen LogP contribution in [0.4, 0.5) is 8.78 Å². The number of rotatable bonds is 2. The molecule has 0 aliphatic carbocycles. The highest BCUT2D eigenvalue weighted by molar-refractivity contribution is 5.87. The van der Waals surface area contributed by atoms with Crippen LogP contribution in [-0.4, -0.2) is 5.97 Å². The van der Waals surface area contributed by atoms with E-state index in [-0.39, 0.29) is 5.82 Å². The Morgan fingerprint density at radius 1 is 1.11 bits per heavy atom. The van der Waals surface area contributed by atoms with Gasteiger partial charge in [0.2, 0.25) is 0 Å². The number of carboxylic acid groups (broad SMARTS) is 1. The molecule has 2 rings (SSSR count). The van der Waals surface area contributed by atoms with E-state index in [2.05, 4.69) is 0 Å². The lowest BCUT2D eigenvalue weighted by molar-refractivity contribution is -0.255. The highest BCUT2D eigenvalue weighted by Crippen LogP contribution is 2.25. The van der Waals surface area contributed by atoms with Crippen LogP contribution in [-0.2, 0) is 0 Å². The molecule has 0 unspecified atom stereocenters. The van der Waals surface area contributed by atoms with E-state index < -0.39 is 17.3 Å². The van der Waals surface area contributed by atoms with E-state index in [0.717, 1.165) is 12.1 Å². The zero-order valence-electron chi connectivity index (χ0n) is 9.54. The Kier molecular flexibility index (Phi) is 3.10. The van der Waals surface area contributed by atoms with Gasteiger partial charge in [0.25, 0.3) is 0 Å². The molecular weight excluding hydrogens is 238 g/mol. The van der Waals surface area contributed by atoms with Crippen LogP contribution < -0.4 is 5.11 Å². The number of aryl methyl sites for hydroxylation is 1. The highest BCUT2D eigenvalue weighted by Gasteiger charge is 2.08. The van der Waals surface area contributed by atoms with E-state index in [9.17, 15) is 18.7 Å². The molecule has 0 fully saturated rings. The van der Waals surface area contributed by atoms with Crippen LogP contribution in [0.1, 0.15) is 15.9 Å². The monoisotopic (exact) mass is 247 g/mol. The topological polar surface area (TPSA) is 40.1 Å². The normalized spacial score (nSPS) is 10.4. The Balaban J connectivity index is 2.52. The van der Waals surface area contributed by atoms with Crippen LogP contribution in [0, 0.1) is 18.6 Å². The number of hydrogen-bond donors (Lipinski definition) is 0. The molecule has 0 bridgehead atoms. The molecule has 0 radical (unpaired) electrons. The van der Waals surface area contributed by atoms with E-state index in [1.54, 1.807) is 6.92 Å². The highest BCUT2D eigenvalue weighted by atomic mass is 19.1. The fourth-order valence-corrected chi connectivity index (χ4v) is 1.80. The summed E-state index contributed by atoms with van der Waals surface area (Å²) in [7, 11) is 0. The summed E-state index contributed by atoms with van der Waals surface area (Å²) >= 11 is 0. The summed E-state index contributed by atoms with van der Waals surface area (Å²) in [6, 6.07) is 7.84. The van der Waals surface area contributed by atoms with Gasteiger partial charge in [0.05, 0.1) is 5.97 Å². The third kappa shape index (κ3) is 2.22. The van der Waals surface area contributed by atoms with Gasteiger partial charge < -0.3 is 9.90 Å². The van der Waals surface area contributed by atoms with Gasteiger partial charge >= 0.3 is 0 Å². The molecule has 2 nitrogen and oxygen atoms in total. The van der Waals surface area contributed by atoms with Gasteiger partial charge in [0.15, 0.2) is 0 Å². The SMILES string of the molecule is Cc1cc(F)ccc1-c1ccc(C(=O)[O-])c(F)c1. The second kappa shape index (κ2) is 4.56. The number of carbonyl (C=O) groups is 1. The van der Waals surface area contributed by atoms with Gasteiger partial charge in [-0.1, -0.05) is 12.1 Å². The van der Waals surface area contributed by atoms with Crippen molar-refractivity contribution in [2.24, 2.45) is 0 Å². The van der Waals surface area contributed by atoms with Crippen molar-refractivity contribution in [2.75, 3.05) is 0 Å². The Hall–Kier alpha value is -2.23. The van der Waals surface area contributed by atoms with Crippen molar-refractivity contribution in [3.8, 4) is 11.1 Å². The second-order valence-electron chi connectivity index (χ2n) is 3.94. The van der Waals surface area contributed by atoms with Crippen LogP contribution in [0.25, 0.3) is 11.1 Å².